The number of nitrogens with one attached hydrogen (secondary N) is 1. The normalized spacial score (nSPS) is 15.0. The number of unbranched alkanes of at least 4 members (excludes halogenated alkanes) is 3. The van der Waals surface area contributed by atoms with E-state index in [0.29, 0.717) is 24.7 Å². The maximum atomic E-state index is 13.9. The van der Waals surface area contributed by atoms with Gasteiger partial charge in [-0.3, -0.25) is 4.79 Å². The van der Waals surface area contributed by atoms with Crippen molar-refractivity contribution in [2.24, 2.45) is 0 Å². The Morgan fingerprint density at radius 2 is 1.97 bits per heavy atom. The van der Waals surface area contributed by atoms with Crippen LogP contribution in [0.3, 0.4) is 0 Å². The van der Waals surface area contributed by atoms with Crippen molar-refractivity contribution in [3.63, 3.8) is 0 Å². The molecule has 0 spiro atoms. The lowest BCUT2D eigenvalue weighted by molar-refractivity contribution is 0.0984. The zero-order valence-corrected chi connectivity index (χ0v) is 23.5. The number of halogens is 1. The van der Waals surface area contributed by atoms with Gasteiger partial charge in [0.25, 0.3) is 5.91 Å². The Morgan fingerprint density at radius 1 is 1.13 bits per heavy atom. The molecule has 0 radical (unpaired) electrons. The molecule has 6 heteroatoms. The first kappa shape index (κ1) is 26.4. The molecule has 5 nitrogen and oxygen atoms in total. The quantitative estimate of drug-likeness (QED) is 0.165. The summed E-state index contributed by atoms with van der Waals surface area (Å²) in [5.74, 6) is 2.04. The highest BCUT2D eigenvalue weighted by molar-refractivity contribution is 6.19. The molecule has 0 bridgehead atoms. The number of aryl methyl sites for hydroxylation is 1. The summed E-state index contributed by atoms with van der Waals surface area (Å²) in [6, 6.07) is 16.2. The molecule has 1 unspecified atom stereocenters. The molecule has 2 heterocycles. The predicted molar refractivity (Wildman–Crippen MR) is 158 cm³/mol. The summed E-state index contributed by atoms with van der Waals surface area (Å²) >= 11 is 6.49. The Balaban J connectivity index is 1.48. The van der Waals surface area contributed by atoms with Crippen LogP contribution < -0.4 is 14.4 Å². The molecule has 0 saturated carbocycles. The number of amides is 1. The molecule has 5 rings (SSSR count). The van der Waals surface area contributed by atoms with Crippen LogP contribution in [0.4, 0.5) is 5.69 Å². The van der Waals surface area contributed by atoms with E-state index in [1.165, 1.54) is 19.3 Å². The lowest BCUT2D eigenvalue weighted by Gasteiger charge is -2.20. The predicted octanol–water partition coefficient (Wildman–Crippen LogP) is 8.36. The summed E-state index contributed by atoms with van der Waals surface area (Å²) in [5.41, 5.74) is 4.64. The van der Waals surface area contributed by atoms with E-state index in [-0.39, 0.29) is 17.9 Å². The van der Waals surface area contributed by atoms with Gasteiger partial charge in [-0.2, -0.15) is 0 Å². The highest BCUT2D eigenvalue weighted by Crippen LogP contribution is 2.47. The topological polar surface area (TPSA) is 54.6 Å². The third-order valence-electron chi connectivity index (χ3n) is 7.34. The minimum absolute atomic E-state index is 0.0166. The number of carbonyl (C=O) groups excluding carboxylic acids is 1. The molecule has 0 aliphatic carbocycles. The average Bonchev–Trinajstić information content (AvgIpc) is 3.49. The Bertz CT molecular complexity index is 1460. The lowest BCUT2D eigenvalue weighted by Crippen LogP contribution is -2.30. The molecule has 1 aliphatic heterocycles. The Morgan fingerprint density at radius 3 is 2.74 bits per heavy atom. The average molecular weight is 533 g/mol. The van der Waals surface area contributed by atoms with E-state index < -0.39 is 0 Å². The molecule has 0 saturated heterocycles. The zero-order chi connectivity index (χ0) is 26.8. The summed E-state index contributed by atoms with van der Waals surface area (Å²) in [6.45, 7) is 9.60. The highest BCUT2D eigenvalue weighted by atomic mass is 35.5. The van der Waals surface area contributed by atoms with Crippen molar-refractivity contribution in [1.29, 1.82) is 0 Å². The fourth-order valence-corrected chi connectivity index (χ4v) is 5.79. The van der Waals surface area contributed by atoms with Crippen LogP contribution >= 0.6 is 11.6 Å². The second-order valence-corrected chi connectivity index (χ2v) is 10.9. The number of benzene rings is 3. The van der Waals surface area contributed by atoms with Crippen molar-refractivity contribution in [2.45, 2.75) is 65.4 Å². The molecule has 200 valence electrons. The van der Waals surface area contributed by atoms with Crippen molar-refractivity contribution in [3.8, 4) is 11.5 Å². The van der Waals surface area contributed by atoms with Gasteiger partial charge in [0.2, 0.25) is 0 Å². The van der Waals surface area contributed by atoms with Crippen LogP contribution in [0.1, 0.15) is 74.0 Å². The maximum Gasteiger partial charge on any atom is 0.274 e. The molecular weight excluding hydrogens is 496 g/mol. The third-order valence-corrected chi connectivity index (χ3v) is 7.71. The number of aromatic amines is 1. The number of anilines is 1. The SMILES string of the molecule is CCCCCCOc1ccc2[nH]c(C(=O)N3CC(CCl)c4c3cc(OC(C)C)c3cccc(C)c43)cc2c1. The van der Waals surface area contributed by atoms with E-state index in [0.717, 1.165) is 56.4 Å². The largest absolute Gasteiger partial charge is 0.494 e. The molecule has 4 aromatic rings. The second-order valence-electron chi connectivity index (χ2n) is 10.6. The number of hydrogen-bond donors (Lipinski definition) is 1. The van der Waals surface area contributed by atoms with Crippen molar-refractivity contribution < 1.29 is 14.3 Å². The maximum absolute atomic E-state index is 13.9. The number of hydrogen-bond acceptors (Lipinski definition) is 3. The van der Waals surface area contributed by atoms with Gasteiger partial charge in [0.15, 0.2) is 0 Å². The summed E-state index contributed by atoms with van der Waals surface area (Å²) in [5, 5.41) is 3.17. The van der Waals surface area contributed by atoms with Gasteiger partial charge in [-0.15, -0.1) is 11.6 Å². The Hall–Kier alpha value is -3.18. The van der Waals surface area contributed by atoms with E-state index in [9.17, 15) is 4.79 Å². The summed E-state index contributed by atoms with van der Waals surface area (Å²) in [6.07, 6.45) is 4.69. The second kappa shape index (κ2) is 11.3. The molecule has 0 fully saturated rings. The van der Waals surface area contributed by atoms with Crippen LogP contribution in [-0.2, 0) is 0 Å². The van der Waals surface area contributed by atoms with E-state index in [1.54, 1.807) is 0 Å². The molecule has 1 aliphatic rings. The molecule has 1 aromatic heterocycles. The first-order valence-corrected chi connectivity index (χ1v) is 14.3. The standard InChI is InChI=1S/C32H37ClN2O3/c1-5-6-7-8-14-37-24-12-13-26-22(15-24)16-27(34-26)32(36)35-19-23(18-33)31-28(35)17-29(38-20(2)3)25-11-9-10-21(4)30(25)31/h9-13,15-17,20,23,34H,5-8,14,18-19H2,1-4H3. The fraction of sp³-hybridized carbons (Fsp3) is 0.406. The molecule has 1 atom stereocenters. The number of H-pyrrole nitrogens is 1. The van der Waals surface area contributed by atoms with Crippen molar-refractivity contribution >= 4 is 44.9 Å². The van der Waals surface area contributed by atoms with Crippen molar-refractivity contribution in [1.82, 2.24) is 4.98 Å². The van der Waals surface area contributed by atoms with Gasteiger partial charge in [0.1, 0.15) is 17.2 Å². The van der Waals surface area contributed by atoms with Gasteiger partial charge in [-0.05, 0) is 68.0 Å². The monoisotopic (exact) mass is 532 g/mol. The number of aromatic nitrogens is 1. The van der Waals surface area contributed by atoms with Gasteiger partial charge in [-0.25, -0.2) is 0 Å². The Kier molecular flexibility index (Phi) is 7.85. The lowest BCUT2D eigenvalue weighted by atomic mass is 9.92. The molecule has 1 amide bonds. The van der Waals surface area contributed by atoms with Gasteiger partial charge in [0.05, 0.1) is 18.4 Å². The van der Waals surface area contributed by atoms with E-state index in [1.807, 2.05) is 49.1 Å². The van der Waals surface area contributed by atoms with Gasteiger partial charge in [0, 0.05) is 40.7 Å². The fourth-order valence-electron chi connectivity index (χ4n) is 5.53. The number of rotatable bonds is 10. The molecule has 38 heavy (non-hydrogen) atoms. The third kappa shape index (κ3) is 5.09. The minimum atomic E-state index is -0.0690. The van der Waals surface area contributed by atoms with Crippen LogP contribution in [0.15, 0.2) is 48.5 Å². The summed E-state index contributed by atoms with van der Waals surface area (Å²) in [4.78, 5) is 19.1. The summed E-state index contributed by atoms with van der Waals surface area (Å²) in [7, 11) is 0. The Labute approximate surface area is 230 Å². The molecule has 3 aromatic carbocycles. The number of ether oxygens (including phenoxy) is 2. The highest BCUT2D eigenvalue weighted by Gasteiger charge is 2.36. The zero-order valence-electron chi connectivity index (χ0n) is 22.8. The van der Waals surface area contributed by atoms with Crippen LogP contribution in [0.25, 0.3) is 21.7 Å². The minimum Gasteiger partial charge on any atom is -0.494 e. The first-order valence-electron chi connectivity index (χ1n) is 13.8. The number of carbonyl (C=O) groups is 1. The summed E-state index contributed by atoms with van der Waals surface area (Å²) < 4.78 is 12.2. The van der Waals surface area contributed by atoms with Gasteiger partial charge >= 0.3 is 0 Å². The van der Waals surface area contributed by atoms with Crippen molar-refractivity contribution in [2.75, 3.05) is 23.9 Å². The molecular formula is C32H37ClN2O3. The van der Waals surface area contributed by atoms with Crippen LogP contribution in [0.2, 0.25) is 0 Å². The van der Waals surface area contributed by atoms with E-state index in [2.05, 4.69) is 37.0 Å². The van der Waals surface area contributed by atoms with Crippen LogP contribution in [0.5, 0.6) is 11.5 Å². The van der Waals surface area contributed by atoms with Crippen LogP contribution in [-0.4, -0.2) is 36.0 Å². The van der Waals surface area contributed by atoms with Crippen LogP contribution in [0, 0.1) is 6.92 Å². The van der Waals surface area contributed by atoms with Gasteiger partial charge in [-0.1, -0.05) is 44.4 Å². The number of alkyl halides is 1. The van der Waals surface area contributed by atoms with Gasteiger partial charge < -0.3 is 19.4 Å². The van der Waals surface area contributed by atoms with E-state index in [4.69, 9.17) is 21.1 Å². The first-order chi connectivity index (χ1) is 18.4. The number of nitrogens with zero attached hydrogens (tertiary/aromatic N) is 1. The van der Waals surface area contributed by atoms with Crippen molar-refractivity contribution in [3.05, 3.63) is 65.4 Å². The number of fused-ring (bicyclic) bond motifs is 4. The molecule has 1 N–H and O–H groups in total. The smallest absolute Gasteiger partial charge is 0.274 e. The van der Waals surface area contributed by atoms with E-state index >= 15 is 0 Å².